The van der Waals surface area contributed by atoms with Gasteiger partial charge in [0.15, 0.2) is 5.76 Å². The van der Waals surface area contributed by atoms with Crippen LogP contribution in [-0.4, -0.2) is 29.3 Å². The van der Waals surface area contributed by atoms with Gasteiger partial charge in [0.1, 0.15) is 35.3 Å². The summed E-state index contributed by atoms with van der Waals surface area (Å²) in [5.41, 5.74) is 2.02. The molecule has 0 atom stereocenters. The number of hydrogen-bond acceptors (Lipinski definition) is 6. The maximum Gasteiger partial charge on any atom is 0.227 e. The van der Waals surface area contributed by atoms with E-state index < -0.39 is 11.2 Å². The van der Waals surface area contributed by atoms with Crippen LogP contribution in [0.4, 0.5) is 0 Å². The second-order valence-electron chi connectivity index (χ2n) is 6.59. The quantitative estimate of drug-likeness (QED) is 0.499. The fourth-order valence-corrected chi connectivity index (χ4v) is 3.15. The first-order valence-electron chi connectivity index (χ1n) is 9.26. The number of hydrogen-bond donors (Lipinski definition) is 2. The molecular weight excluding hydrogens is 384 g/mol. The summed E-state index contributed by atoms with van der Waals surface area (Å²) >= 11 is 0. The van der Waals surface area contributed by atoms with Crippen LogP contribution in [0.15, 0.2) is 69.9 Å². The van der Waals surface area contributed by atoms with Gasteiger partial charge in [0.2, 0.25) is 11.2 Å². The Labute approximate surface area is 172 Å². The van der Waals surface area contributed by atoms with Gasteiger partial charge >= 0.3 is 0 Å². The van der Waals surface area contributed by atoms with E-state index >= 15 is 0 Å². The molecule has 0 radical (unpaired) electrons. The first-order valence-corrected chi connectivity index (χ1v) is 9.26. The van der Waals surface area contributed by atoms with E-state index in [0.29, 0.717) is 23.0 Å². The highest BCUT2D eigenvalue weighted by molar-refractivity contribution is 5.81. The van der Waals surface area contributed by atoms with Crippen molar-refractivity contribution in [2.24, 2.45) is 0 Å². The van der Waals surface area contributed by atoms with Crippen LogP contribution in [0.3, 0.4) is 0 Å². The van der Waals surface area contributed by atoms with Gasteiger partial charge in [0.25, 0.3) is 0 Å². The molecule has 0 amide bonds. The maximum atomic E-state index is 12.3. The summed E-state index contributed by atoms with van der Waals surface area (Å²) in [7, 11) is 3.10. The van der Waals surface area contributed by atoms with Crippen LogP contribution in [0.2, 0.25) is 0 Å². The minimum absolute atomic E-state index is 0.0145. The molecule has 7 nitrogen and oxygen atoms in total. The topological polar surface area (TPSA) is 97.6 Å². The molecule has 0 aliphatic carbocycles. The van der Waals surface area contributed by atoms with Crippen LogP contribution < -0.4 is 10.2 Å². The SMILES string of the molecule is COCc1cc(=O)c(O)c(-c2[nH]c(-c3ccc(OC)cc3)nc2-c2ccccc2)o1. The minimum Gasteiger partial charge on any atom is -0.501 e. The Morgan fingerprint density at radius 3 is 2.43 bits per heavy atom. The van der Waals surface area contributed by atoms with Crippen molar-refractivity contribution in [3.63, 3.8) is 0 Å². The highest BCUT2D eigenvalue weighted by atomic mass is 16.5. The number of rotatable bonds is 6. The zero-order chi connectivity index (χ0) is 21.1. The monoisotopic (exact) mass is 404 g/mol. The van der Waals surface area contributed by atoms with Crippen molar-refractivity contribution in [2.75, 3.05) is 14.2 Å². The van der Waals surface area contributed by atoms with Crippen molar-refractivity contribution in [3.05, 3.63) is 76.6 Å². The van der Waals surface area contributed by atoms with Crippen LogP contribution in [0.1, 0.15) is 5.76 Å². The van der Waals surface area contributed by atoms with Crippen molar-refractivity contribution in [1.29, 1.82) is 0 Å². The third kappa shape index (κ3) is 3.70. The molecule has 152 valence electrons. The van der Waals surface area contributed by atoms with E-state index in [2.05, 4.69) is 4.98 Å². The summed E-state index contributed by atoms with van der Waals surface area (Å²) < 4.78 is 16.1. The third-order valence-corrected chi connectivity index (χ3v) is 4.60. The summed E-state index contributed by atoms with van der Waals surface area (Å²) in [5.74, 6) is 1.11. The van der Waals surface area contributed by atoms with Gasteiger partial charge in [-0.2, -0.15) is 0 Å². The van der Waals surface area contributed by atoms with Crippen LogP contribution in [0.25, 0.3) is 34.1 Å². The van der Waals surface area contributed by atoms with Gasteiger partial charge in [-0.15, -0.1) is 0 Å². The second kappa shape index (κ2) is 8.26. The van der Waals surface area contributed by atoms with E-state index in [1.165, 1.54) is 13.2 Å². The molecule has 0 unspecified atom stereocenters. The Morgan fingerprint density at radius 2 is 1.77 bits per heavy atom. The largest absolute Gasteiger partial charge is 0.501 e. The molecule has 4 aromatic rings. The number of nitrogens with one attached hydrogen (secondary N) is 1. The molecule has 0 spiro atoms. The number of aromatic hydroxyl groups is 1. The van der Waals surface area contributed by atoms with E-state index in [0.717, 1.165) is 16.9 Å². The fourth-order valence-electron chi connectivity index (χ4n) is 3.15. The predicted molar refractivity (Wildman–Crippen MR) is 112 cm³/mol. The number of methoxy groups -OCH3 is 2. The molecule has 2 heterocycles. The molecule has 4 rings (SSSR count). The van der Waals surface area contributed by atoms with E-state index in [1.54, 1.807) is 7.11 Å². The van der Waals surface area contributed by atoms with Crippen LogP contribution in [0, 0.1) is 0 Å². The Hall–Kier alpha value is -3.84. The third-order valence-electron chi connectivity index (χ3n) is 4.60. The Morgan fingerprint density at radius 1 is 1.03 bits per heavy atom. The fraction of sp³-hybridized carbons (Fsp3) is 0.130. The molecule has 0 aliphatic heterocycles. The lowest BCUT2D eigenvalue weighted by Gasteiger charge is -2.07. The molecule has 0 bridgehead atoms. The van der Waals surface area contributed by atoms with Crippen molar-refractivity contribution in [1.82, 2.24) is 9.97 Å². The number of imidazole rings is 1. The summed E-state index contributed by atoms with van der Waals surface area (Å²) in [5, 5.41) is 10.5. The highest BCUT2D eigenvalue weighted by Gasteiger charge is 2.22. The lowest BCUT2D eigenvalue weighted by Crippen LogP contribution is -2.04. The van der Waals surface area contributed by atoms with Crippen molar-refractivity contribution in [3.8, 4) is 45.6 Å². The van der Waals surface area contributed by atoms with Crippen LogP contribution in [0.5, 0.6) is 11.5 Å². The average Bonchev–Trinajstić information content (AvgIpc) is 3.22. The van der Waals surface area contributed by atoms with Crippen molar-refractivity contribution >= 4 is 0 Å². The summed E-state index contributed by atoms with van der Waals surface area (Å²) in [6.07, 6.45) is 0. The minimum atomic E-state index is -0.553. The number of aromatic amines is 1. The Bertz CT molecular complexity index is 1210. The van der Waals surface area contributed by atoms with Gasteiger partial charge in [0, 0.05) is 24.3 Å². The van der Waals surface area contributed by atoms with Crippen molar-refractivity contribution < 1.29 is 19.0 Å². The molecule has 30 heavy (non-hydrogen) atoms. The van der Waals surface area contributed by atoms with Gasteiger partial charge in [-0.1, -0.05) is 30.3 Å². The zero-order valence-corrected chi connectivity index (χ0v) is 16.5. The smallest absolute Gasteiger partial charge is 0.227 e. The highest BCUT2D eigenvalue weighted by Crippen LogP contribution is 2.36. The van der Waals surface area contributed by atoms with E-state index in [-0.39, 0.29) is 12.4 Å². The van der Waals surface area contributed by atoms with E-state index in [4.69, 9.17) is 18.9 Å². The molecule has 0 saturated carbocycles. The molecular formula is C23H20N2O5. The first-order chi connectivity index (χ1) is 14.6. The predicted octanol–water partition coefficient (Wildman–Crippen LogP) is 4.22. The van der Waals surface area contributed by atoms with E-state index in [9.17, 15) is 9.90 Å². The number of nitrogens with zero attached hydrogens (tertiary/aromatic N) is 1. The normalized spacial score (nSPS) is 10.9. The van der Waals surface area contributed by atoms with Crippen LogP contribution >= 0.6 is 0 Å². The molecule has 7 heteroatoms. The summed E-state index contributed by atoms with van der Waals surface area (Å²) in [6.45, 7) is 0.0999. The number of benzene rings is 2. The zero-order valence-electron chi connectivity index (χ0n) is 16.5. The molecule has 2 aromatic heterocycles. The lowest BCUT2D eigenvalue weighted by molar-refractivity contribution is 0.162. The van der Waals surface area contributed by atoms with Gasteiger partial charge in [0.05, 0.1) is 7.11 Å². The second-order valence-corrected chi connectivity index (χ2v) is 6.59. The number of H-pyrrole nitrogens is 1. The molecule has 0 fully saturated rings. The first kappa shape index (κ1) is 19.5. The van der Waals surface area contributed by atoms with Gasteiger partial charge < -0.3 is 24.0 Å². The lowest BCUT2D eigenvalue weighted by atomic mass is 10.1. The summed E-state index contributed by atoms with van der Waals surface area (Å²) in [4.78, 5) is 20.2. The average molecular weight is 404 g/mol. The molecule has 2 N–H and O–H groups in total. The van der Waals surface area contributed by atoms with Gasteiger partial charge in [-0.25, -0.2) is 4.98 Å². The van der Waals surface area contributed by atoms with Gasteiger partial charge in [-0.3, -0.25) is 4.79 Å². The molecule has 2 aromatic carbocycles. The standard InChI is InChI=1S/C23H20N2O5/c1-28-13-17-12-18(26)21(27)22(30-17)20-19(14-6-4-3-5-7-14)24-23(25-20)15-8-10-16(29-2)11-9-15/h3-12,27H,13H2,1-2H3,(H,24,25). The molecule has 0 aliphatic rings. The van der Waals surface area contributed by atoms with Crippen LogP contribution in [-0.2, 0) is 11.3 Å². The van der Waals surface area contributed by atoms with E-state index in [1.807, 2.05) is 54.6 Å². The van der Waals surface area contributed by atoms with Gasteiger partial charge in [-0.05, 0) is 24.3 Å². The molecule has 0 saturated heterocycles. The maximum absolute atomic E-state index is 12.3. The van der Waals surface area contributed by atoms with Crippen molar-refractivity contribution in [2.45, 2.75) is 6.61 Å². The summed E-state index contributed by atoms with van der Waals surface area (Å²) in [6, 6.07) is 18.1. The Kier molecular flexibility index (Phi) is 5.36. The Balaban J connectivity index is 1.92. The number of aromatic nitrogens is 2. The number of ether oxygens (including phenoxy) is 2.